The average Bonchev–Trinajstić information content (AvgIpc) is 2.51. The van der Waals surface area contributed by atoms with Crippen LogP contribution in [0.3, 0.4) is 0 Å². The van der Waals surface area contributed by atoms with E-state index < -0.39 is 0 Å². The molecule has 1 saturated heterocycles. The van der Waals surface area contributed by atoms with E-state index in [1.165, 1.54) is 17.8 Å². The van der Waals surface area contributed by atoms with Crippen molar-refractivity contribution < 1.29 is 4.79 Å². The summed E-state index contributed by atoms with van der Waals surface area (Å²) in [5.74, 6) is 0.921. The highest BCUT2D eigenvalue weighted by Crippen LogP contribution is 2.33. The predicted molar refractivity (Wildman–Crippen MR) is 78.6 cm³/mol. The van der Waals surface area contributed by atoms with Gasteiger partial charge in [0.05, 0.1) is 8.66 Å². The summed E-state index contributed by atoms with van der Waals surface area (Å²) in [6, 6.07) is 1.91. The van der Waals surface area contributed by atoms with Crippen molar-refractivity contribution in [1.82, 2.24) is 4.90 Å². The number of halogens is 2. The maximum Gasteiger partial charge on any atom is 0.264 e. The molecule has 1 amide bonds. The van der Waals surface area contributed by atoms with Crippen molar-refractivity contribution in [3.8, 4) is 0 Å². The Bertz CT molecular complexity index is 399. The Hall–Kier alpha value is 0.130. The van der Waals surface area contributed by atoms with Crippen LogP contribution in [0.25, 0.3) is 0 Å². The molecular weight excluding hydrogens is 366 g/mol. The standard InChI is InChI=1S/C12H15Br2NOS/c1-8-3-2-5-15(6-4-8)12(16)10-7-9(13)11(14)17-10/h7-8H,2-6H2,1H3/t8-/m1/s1. The van der Waals surface area contributed by atoms with Gasteiger partial charge < -0.3 is 4.90 Å². The number of thiophene rings is 1. The second kappa shape index (κ2) is 5.85. The van der Waals surface area contributed by atoms with Crippen LogP contribution in [0.1, 0.15) is 35.9 Å². The van der Waals surface area contributed by atoms with Gasteiger partial charge in [-0.25, -0.2) is 0 Å². The van der Waals surface area contributed by atoms with Gasteiger partial charge in [0.25, 0.3) is 5.91 Å². The molecule has 0 saturated carbocycles. The van der Waals surface area contributed by atoms with Crippen LogP contribution in [-0.2, 0) is 0 Å². The minimum atomic E-state index is 0.176. The molecule has 94 valence electrons. The smallest absolute Gasteiger partial charge is 0.264 e. The number of rotatable bonds is 1. The molecule has 5 heteroatoms. The lowest BCUT2D eigenvalue weighted by molar-refractivity contribution is 0.0765. The quantitative estimate of drug-likeness (QED) is 0.700. The number of carbonyl (C=O) groups excluding carboxylic acids is 1. The zero-order chi connectivity index (χ0) is 12.4. The van der Waals surface area contributed by atoms with Gasteiger partial charge in [-0.05, 0) is 63.1 Å². The fourth-order valence-electron chi connectivity index (χ4n) is 2.07. The van der Waals surface area contributed by atoms with Crippen molar-refractivity contribution in [1.29, 1.82) is 0 Å². The Morgan fingerprint density at radius 1 is 1.41 bits per heavy atom. The van der Waals surface area contributed by atoms with Gasteiger partial charge in [0.2, 0.25) is 0 Å². The lowest BCUT2D eigenvalue weighted by Gasteiger charge is -2.19. The number of nitrogens with zero attached hydrogens (tertiary/aromatic N) is 1. The normalized spacial score (nSPS) is 21.4. The summed E-state index contributed by atoms with van der Waals surface area (Å²) >= 11 is 8.36. The first-order valence-corrected chi connectivity index (χ1v) is 8.22. The molecule has 1 atom stereocenters. The Morgan fingerprint density at radius 3 is 2.82 bits per heavy atom. The zero-order valence-corrected chi connectivity index (χ0v) is 13.7. The second-order valence-electron chi connectivity index (χ2n) is 4.56. The van der Waals surface area contributed by atoms with Crippen molar-refractivity contribution in [2.24, 2.45) is 5.92 Å². The van der Waals surface area contributed by atoms with Crippen LogP contribution >= 0.6 is 43.2 Å². The number of hydrogen-bond donors (Lipinski definition) is 0. The van der Waals surface area contributed by atoms with Crippen LogP contribution in [0.2, 0.25) is 0 Å². The summed E-state index contributed by atoms with van der Waals surface area (Å²) in [6.45, 7) is 4.07. The van der Waals surface area contributed by atoms with Crippen LogP contribution in [-0.4, -0.2) is 23.9 Å². The van der Waals surface area contributed by atoms with E-state index in [0.29, 0.717) is 0 Å². The fourth-order valence-corrected chi connectivity index (χ4v) is 4.08. The Kier molecular flexibility index (Phi) is 4.66. The van der Waals surface area contributed by atoms with Crippen LogP contribution in [0.4, 0.5) is 0 Å². The molecule has 1 aliphatic rings. The van der Waals surface area contributed by atoms with Crippen LogP contribution in [0.15, 0.2) is 14.3 Å². The Labute approximate surface area is 123 Å². The summed E-state index contributed by atoms with van der Waals surface area (Å²) < 4.78 is 1.96. The molecule has 17 heavy (non-hydrogen) atoms. The van der Waals surface area contributed by atoms with E-state index in [2.05, 4.69) is 38.8 Å². The van der Waals surface area contributed by atoms with E-state index in [4.69, 9.17) is 0 Å². The third kappa shape index (κ3) is 3.32. The molecule has 0 aliphatic carbocycles. The molecule has 2 nitrogen and oxygen atoms in total. The van der Waals surface area contributed by atoms with E-state index in [-0.39, 0.29) is 5.91 Å². The molecule has 1 fully saturated rings. The predicted octanol–water partition coefficient (Wildman–Crippen LogP) is 4.54. The summed E-state index contributed by atoms with van der Waals surface area (Å²) in [4.78, 5) is 15.1. The average molecular weight is 381 g/mol. The molecule has 1 aromatic heterocycles. The van der Waals surface area contributed by atoms with Gasteiger partial charge in [-0.15, -0.1) is 11.3 Å². The highest BCUT2D eigenvalue weighted by molar-refractivity contribution is 9.13. The van der Waals surface area contributed by atoms with Crippen molar-refractivity contribution >= 4 is 49.1 Å². The summed E-state index contributed by atoms with van der Waals surface area (Å²) in [5.41, 5.74) is 0. The van der Waals surface area contributed by atoms with Gasteiger partial charge >= 0.3 is 0 Å². The molecule has 0 spiro atoms. The molecule has 1 aromatic rings. The minimum Gasteiger partial charge on any atom is -0.338 e. The van der Waals surface area contributed by atoms with Crippen LogP contribution in [0, 0.1) is 5.92 Å². The molecule has 0 aromatic carbocycles. The zero-order valence-electron chi connectivity index (χ0n) is 9.71. The third-order valence-electron chi connectivity index (χ3n) is 3.16. The molecule has 2 rings (SSSR count). The van der Waals surface area contributed by atoms with Crippen molar-refractivity contribution in [3.05, 3.63) is 19.2 Å². The van der Waals surface area contributed by atoms with Crippen molar-refractivity contribution in [2.75, 3.05) is 13.1 Å². The second-order valence-corrected chi connectivity index (χ2v) is 7.79. The molecular formula is C12H15Br2NOS. The SMILES string of the molecule is C[C@@H]1CCCN(C(=O)c2cc(Br)c(Br)s2)CC1. The number of hydrogen-bond acceptors (Lipinski definition) is 2. The van der Waals surface area contributed by atoms with E-state index in [0.717, 1.165) is 45.0 Å². The number of carbonyl (C=O) groups is 1. The lowest BCUT2D eigenvalue weighted by atomic mass is 10.0. The van der Waals surface area contributed by atoms with Gasteiger partial charge in [0.15, 0.2) is 0 Å². The summed E-state index contributed by atoms with van der Waals surface area (Å²) in [6.07, 6.45) is 3.49. The maximum atomic E-state index is 12.3. The maximum absolute atomic E-state index is 12.3. The highest BCUT2D eigenvalue weighted by atomic mass is 79.9. The first-order chi connectivity index (χ1) is 8.08. The summed E-state index contributed by atoms with van der Waals surface area (Å²) in [5, 5.41) is 0. The van der Waals surface area contributed by atoms with Crippen molar-refractivity contribution in [2.45, 2.75) is 26.2 Å². The van der Waals surface area contributed by atoms with Gasteiger partial charge in [-0.1, -0.05) is 6.92 Å². The van der Waals surface area contributed by atoms with Gasteiger partial charge in [0, 0.05) is 17.6 Å². The molecule has 0 bridgehead atoms. The molecule has 1 aliphatic heterocycles. The van der Waals surface area contributed by atoms with Gasteiger partial charge in [0.1, 0.15) is 0 Å². The molecule has 0 radical (unpaired) electrons. The monoisotopic (exact) mass is 379 g/mol. The van der Waals surface area contributed by atoms with Gasteiger partial charge in [-0.2, -0.15) is 0 Å². The molecule has 0 unspecified atom stereocenters. The highest BCUT2D eigenvalue weighted by Gasteiger charge is 2.21. The van der Waals surface area contributed by atoms with E-state index in [9.17, 15) is 4.79 Å². The number of amides is 1. The Balaban J connectivity index is 2.09. The van der Waals surface area contributed by atoms with E-state index in [1.54, 1.807) is 0 Å². The van der Waals surface area contributed by atoms with Gasteiger partial charge in [-0.3, -0.25) is 4.79 Å². The van der Waals surface area contributed by atoms with E-state index in [1.807, 2.05) is 11.0 Å². The minimum absolute atomic E-state index is 0.176. The van der Waals surface area contributed by atoms with Crippen molar-refractivity contribution in [3.63, 3.8) is 0 Å². The lowest BCUT2D eigenvalue weighted by Crippen LogP contribution is -2.31. The Morgan fingerprint density at radius 2 is 2.18 bits per heavy atom. The van der Waals surface area contributed by atoms with E-state index >= 15 is 0 Å². The first kappa shape index (κ1) is 13.6. The molecule has 2 heterocycles. The van der Waals surface area contributed by atoms with Crippen LogP contribution < -0.4 is 0 Å². The largest absolute Gasteiger partial charge is 0.338 e. The molecule has 0 N–H and O–H groups in total. The van der Waals surface area contributed by atoms with Crippen LogP contribution in [0.5, 0.6) is 0 Å². The first-order valence-electron chi connectivity index (χ1n) is 5.82. The number of likely N-dealkylation sites (tertiary alicyclic amines) is 1. The summed E-state index contributed by atoms with van der Waals surface area (Å²) in [7, 11) is 0. The topological polar surface area (TPSA) is 20.3 Å². The third-order valence-corrected chi connectivity index (χ3v) is 6.40. The fraction of sp³-hybridized carbons (Fsp3) is 0.583.